The Morgan fingerprint density at radius 1 is 1.03 bits per heavy atom. The van der Waals surface area contributed by atoms with Gasteiger partial charge in [-0.15, -0.1) is 10.8 Å². The summed E-state index contributed by atoms with van der Waals surface area (Å²) in [4.78, 5) is 9.96. The second-order valence-electron chi connectivity index (χ2n) is 9.85. The second kappa shape index (κ2) is 10.8. The fourth-order valence-corrected chi connectivity index (χ4v) is 6.37. The Morgan fingerprint density at radius 2 is 1.72 bits per heavy atom. The number of aromatic nitrogens is 2. The van der Waals surface area contributed by atoms with Crippen LogP contribution in [0.4, 0.5) is 5.82 Å². The number of nitrogens with zero attached hydrogens (tertiary/aromatic N) is 3. The maximum absolute atomic E-state index is 10.9. The van der Waals surface area contributed by atoms with Gasteiger partial charge in [0.2, 0.25) is 0 Å². The van der Waals surface area contributed by atoms with E-state index in [4.69, 9.17) is 14.7 Å². The first-order valence-corrected chi connectivity index (χ1v) is 14.6. The minimum absolute atomic E-state index is 0.256. The molecule has 1 aliphatic rings. The van der Waals surface area contributed by atoms with E-state index >= 15 is 0 Å². The largest absolute Gasteiger partial charge is 0.488 e. The molecule has 4 rings (SSSR count). The Bertz CT molecular complexity index is 1220. The van der Waals surface area contributed by atoms with Gasteiger partial charge in [-0.25, -0.2) is 9.97 Å². The average molecular weight is 510 g/mol. The quantitative estimate of drug-likeness (QED) is 0.328. The third-order valence-corrected chi connectivity index (χ3v) is 8.93. The van der Waals surface area contributed by atoms with Crippen LogP contribution in [0.1, 0.15) is 73.5 Å². The molecule has 194 valence electrons. The molecule has 2 heterocycles. The summed E-state index contributed by atoms with van der Waals surface area (Å²) in [6.45, 7) is 13.4. The van der Waals surface area contributed by atoms with Gasteiger partial charge in [-0.3, -0.25) is 13.4 Å². The lowest BCUT2D eigenvalue weighted by atomic mass is 9.96. The first-order valence-electron chi connectivity index (χ1n) is 12.9. The lowest BCUT2D eigenvalue weighted by molar-refractivity contribution is 0.302. The topological polar surface area (TPSA) is 78.7 Å². The van der Waals surface area contributed by atoms with E-state index in [1.54, 1.807) is 4.31 Å². The highest BCUT2D eigenvalue weighted by Crippen LogP contribution is 2.51. The summed E-state index contributed by atoms with van der Waals surface area (Å²) in [6.07, 6.45) is 2.45. The number of aryl methyl sites for hydroxylation is 4. The highest BCUT2D eigenvalue weighted by Gasteiger charge is 2.33. The molecule has 1 aliphatic heterocycles. The average Bonchev–Trinajstić information content (AvgIpc) is 3.21. The zero-order valence-electron chi connectivity index (χ0n) is 22.3. The summed E-state index contributed by atoms with van der Waals surface area (Å²) in [5.74, 6) is 2.79. The molecule has 0 radical (unpaired) electrons. The molecule has 0 amide bonds. The fraction of sp³-hybridized carbons (Fsp3) is 0.448. The number of ether oxygens (including phenoxy) is 1. The van der Waals surface area contributed by atoms with Gasteiger partial charge in [0.25, 0.3) is 0 Å². The zero-order chi connectivity index (χ0) is 26.0. The minimum atomic E-state index is -2.93. The molecular formula is C29H39N3O3S. The fourth-order valence-electron chi connectivity index (χ4n) is 4.78. The smallest absolute Gasteiger partial charge is 0.162 e. The van der Waals surface area contributed by atoms with Gasteiger partial charge in [-0.2, -0.15) is 0 Å². The third-order valence-electron chi connectivity index (χ3n) is 7.03. The van der Waals surface area contributed by atoms with Crippen molar-refractivity contribution < 1.29 is 13.8 Å². The van der Waals surface area contributed by atoms with Gasteiger partial charge >= 0.3 is 0 Å². The van der Waals surface area contributed by atoms with Crippen LogP contribution in [0.25, 0.3) is 11.4 Å². The second-order valence-corrected chi connectivity index (χ2v) is 12.0. The van der Waals surface area contributed by atoms with Crippen LogP contribution in [0.5, 0.6) is 5.75 Å². The zero-order valence-corrected chi connectivity index (χ0v) is 23.2. The molecule has 2 N–H and O–H groups in total. The summed E-state index contributed by atoms with van der Waals surface area (Å²) in [5, 5.41) is 0. The molecule has 2 aromatic carbocycles. The molecule has 1 fully saturated rings. The lowest BCUT2D eigenvalue weighted by Crippen LogP contribution is -2.26. The molecule has 7 heteroatoms. The van der Waals surface area contributed by atoms with Crippen molar-refractivity contribution in [2.45, 2.75) is 73.3 Å². The Balaban J connectivity index is 1.82. The monoisotopic (exact) mass is 509 g/mol. The van der Waals surface area contributed by atoms with Gasteiger partial charge in [0.05, 0.1) is 17.0 Å². The third kappa shape index (κ3) is 5.24. The highest BCUT2D eigenvalue weighted by atomic mass is 32.3. The molecule has 1 aromatic heterocycles. The van der Waals surface area contributed by atoms with E-state index in [1.807, 2.05) is 13.8 Å². The lowest BCUT2D eigenvalue weighted by Gasteiger charge is -2.38. The van der Waals surface area contributed by atoms with Gasteiger partial charge in [-0.05, 0) is 67.3 Å². The van der Waals surface area contributed by atoms with Gasteiger partial charge < -0.3 is 4.74 Å². The van der Waals surface area contributed by atoms with Gasteiger partial charge in [0.1, 0.15) is 12.4 Å². The van der Waals surface area contributed by atoms with Crippen LogP contribution in [-0.4, -0.2) is 31.4 Å². The van der Waals surface area contributed by atoms with Gasteiger partial charge in [0.15, 0.2) is 11.6 Å². The van der Waals surface area contributed by atoms with E-state index in [0.717, 1.165) is 41.0 Å². The Kier molecular flexibility index (Phi) is 7.93. The summed E-state index contributed by atoms with van der Waals surface area (Å²) in [6, 6.07) is 12.6. The molecule has 0 aliphatic carbocycles. The SMILES string of the molecule is CCc1cccc(CC)c1-c1nc(C)c(COc2cc(C(C)C)ccc2C)c(N2CCCS2(O)O)n1. The first-order chi connectivity index (χ1) is 17.2. The first kappa shape index (κ1) is 26.5. The maximum atomic E-state index is 10.9. The molecule has 36 heavy (non-hydrogen) atoms. The van der Waals surface area contributed by atoms with Crippen LogP contribution < -0.4 is 9.04 Å². The number of hydrogen-bond donors (Lipinski definition) is 2. The van der Waals surface area contributed by atoms with E-state index in [2.05, 4.69) is 64.1 Å². The Morgan fingerprint density at radius 3 is 2.31 bits per heavy atom. The standard InChI is InChI=1S/C29H39N3O3S/c1-7-22-11-9-12-23(8-2)27(22)28-30-21(6)25(29(31-28)32-15-10-16-36(32,33)34)18-35-26-17-24(19(3)4)14-13-20(26)5/h9,11-14,17,19,33-34H,7-8,10,15-16,18H2,1-6H3. The number of rotatable bonds is 8. The van der Waals surface area contributed by atoms with Gasteiger partial charge in [-0.1, -0.05) is 58.0 Å². The molecule has 0 bridgehead atoms. The van der Waals surface area contributed by atoms with Gasteiger partial charge in [0, 0.05) is 12.1 Å². The molecule has 0 atom stereocenters. The number of hydrogen-bond acceptors (Lipinski definition) is 6. The van der Waals surface area contributed by atoms with E-state index in [1.165, 1.54) is 16.7 Å². The van der Waals surface area contributed by atoms with Crippen molar-refractivity contribution in [3.05, 3.63) is 69.9 Å². The minimum Gasteiger partial charge on any atom is -0.488 e. The van der Waals surface area contributed by atoms with Crippen molar-refractivity contribution in [3.8, 4) is 17.1 Å². The predicted octanol–water partition coefficient (Wildman–Crippen LogP) is 7.46. The Hall–Kier alpha value is -2.61. The predicted molar refractivity (Wildman–Crippen MR) is 150 cm³/mol. The molecule has 3 aromatic rings. The Labute approximate surface area is 217 Å². The van der Waals surface area contributed by atoms with E-state index in [-0.39, 0.29) is 6.61 Å². The highest BCUT2D eigenvalue weighted by molar-refractivity contribution is 8.25. The van der Waals surface area contributed by atoms with E-state index < -0.39 is 10.8 Å². The molecule has 6 nitrogen and oxygen atoms in total. The summed E-state index contributed by atoms with van der Waals surface area (Å²) in [7, 11) is -2.93. The van der Waals surface area contributed by atoms with Crippen LogP contribution in [0, 0.1) is 13.8 Å². The maximum Gasteiger partial charge on any atom is 0.162 e. The number of benzene rings is 2. The molecule has 0 saturated carbocycles. The van der Waals surface area contributed by atoms with Crippen LogP contribution in [-0.2, 0) is 19.4 Å². The number of anilines is 1. The van der Waals surface area contributed by atoms with Crippen molar-refractivity contribution in [1.29, 1.82) is 0 Å². The van der Waals surface area contributed by atoms with Crippen molar-refractivity contribution >= 4 is 16.6 Å². The van der Waals surface area contributed by atoms with E-state index in [9.17, 15) is 9.11 Å². The van der Waals surface area contributed by atoms with Crippen molar-refractivity contribution in [1.82, 2.24) is 9.97 Å². The van der Waals surface area contributed by atoms with Crippen molar-refractivity contribution in [3.63, 3.8) is 0 Å². The summed E-state index contributed by atoms with van der Waals surface area (Å²) in [5.41, 5.74) is 7.30. The summed E-state index contributed by atoms with van der Waals surface area (Å²) < 4.78 is 29.8. The van der Waals surface area contributed by atoms with Crippen molar-refractivity contribution in [2.24, 2.45) is 0 Å². The van der Waals surface area contributed by atoms with Crippen molar-refractivity contribution in [2.75, 3.05) is 16.6 Å². The molecule has 1 saturated heterocycles. The van der Waals surface area contributed by atoms with Crippen LogP contribution in [0.15, 0.2) is 36.4 Å². The molecule has 0 spiro atoms. The normalized spacial score (nSPS) is 16.0. The van der Waals surface area contributed by atoms with Crippen LogP contribution >= 0.6 is 10.8 Å². The molecular weight excluding hydrogens is 470 g/mol. The van der Waals surface area contributed by atoms with Crippen LogP contribution in [0.3, 0.4) is 0 Å². The van der Waals surface area contributed by atoms with Crippen LogP contribution in [0.2, 0.25) is 0 Å². The molecule has 0 unspecified atom stereocenters. The summed E-state index contributed by atoms with van der Waals surface area (Å²) >= 11 is 0. The van der Waals surface area contributed by atoms with E-state index in [0.29, 0.717) is 36.3 Å².